The lowest BCUT2D eigenvalue weighted by atomic mass is 9.89. The van der Waals surface area contributed by atoms with Crippen molar-refractivity contribution in [2.24, 2.45) is 0 Å². The molecule has 3 fully saturated rings. The van der Waals surface area contributed by atoms with Crippen LogP contribution in [0, 0.1) is 11.6 Å². The minimum atomic E-state index is -1.91. The van der Waals surface area contributed by atoms with E-state index >= 15 is 13.2 Å². The summed E-state index contributed by atoms with van der Waals surface area (Å²) in [6, 6.07) is 8.71. The number of carbonyl (C=O) groups is 1. The largest absolute Gasteiger partial charge is 0.508 e. The molecule has 6 heterocycles. The van der Waals surface area contributed by atoms with Crippen LogP contribution in [0.1, 0.15) is 51.0 Å². The van der Waals surface area contributed by atoms with Gasteiger partial charge in [0, 0.05) is 37.0 Å². The summed E-state index contributed by atoms with van der Waals surface area (Å²) in [5.41, 5.74) is -0.942. The first-order valence-electron chi connectivity index (χ1n) is 16.7. The summed E-state index contributed by atoms with van der Waals surface area (Å²) >= 11 is 0. The van der Waals surface area contributed by atoms with Crippen molar-refractivity contribution in [3.8, 4) is 22.9 Å². The third-order valence-electron chi connectivity index (χ3n) is 10.8. The van der Waals surface area contributed by atoms with Crippen molar-refractivity contribution in [2.45, 2.75) is 75.3 Å². The molecule has 0 unspecified atom stereocenters. The van der Waals surface area contributed by atoms with Crippen molar-refractivity contribution in [2.75, 3.05) is 37.7 Å². The molecule has 0 radical (unpaired) electrons. The number of anilines is 1. The summed E-state index contributed by atoms with van der Waals surface area (Å²) in [7, 11) is 0. The predicted octanol–water partition coefficient (Wildman–Crippen LogP) is 6.15. The van der Waals surface area contributed by atoms with E-state index in [-0.39, 0.29) is 60.0 Å². The van der Waals surface area contributed by atoms with Gasteiger partial charge in [0.1, 0.15) is 35.7 Å². The molecule has 3 saturated heterocycles. The number of nitrogens with one attached hydrogen (secondary N) is 1. The number of amides is 1. The molecule has 12 heteroatoms. The average Bonchev–Trinajstić information content (AvgIpc) is 3.58. The van der Waals surface area contributed by atoms with Gasteiger partial charge >= 0.3 is 6.01 Å². The number of hydrogen-bond acceptors (Lipinski definition) is 7. The first-order valence-corrected chi connectivity index (χ1v) is 16.7. The van der Waals surface area contributed by atoms with Crippen LogP contribution < -0.4 is 15.0 Å². The number of aryl methyl sites for hydroxylation is 1. The number of alkyl halides is 2. The minimum absolute atomic E-state index is 0.0234. The van der Waals surface area contributed by atoms with Crippen LogP contribution >= 0.6 is 0 Å². The van der Waals surface area contributed by atoms with Gasteiger partial charge in [-0.2, -0.15) is 9.97 Å². The van der Waals surface area contributed by atoms with Crippen LogP contribution in [-0.2, 0) is 11.2 Å². The highest BCUT2D eigenvalue weighted by Crippen LogP contribution is 2.43. The van der Waals surface area contributed by atoms with Crippen molar-refractivity contribution in [3.63, 3.8) is 0 Å². The lowest BCUT2D eigenvalue weighted by Gasteiger charge is -2.42. The lowest BCUT2D eigenvalue weighted by Crippen LogP contribution is -2.58. The van der Waals surface area contributed by atoms with Gasteiger partial charge in [0.25, 0.3) is 5.91 Å². The Morgan fingerprint density at radius 3 is 2.75 bits per heavy atom. The lowest BCUT2D eigenvalue weighted by molar-refractivity contribution is -0.128. The van der Waals surface area contributed by atoms with Crippen molar-refractivity contribution in [1.29, 1.82) is 0 Å². The van der Waals surface area contributed by atoms with Crippen LogP contribution in [-0.4, -0.2) is 82.1 Å². The standard InChI is InChI=1S/C36H37F4N5O3/c1-35-10-2-12-44(18-35)32-25-6-5-23(30(40)31(25)41-34(42-32)48-19-36-11-3-13-45(36)17-21(37)16-36)26-15-22(46)14-20-4-8-27(38)24(29(20)26)7-9-28(39)33(47)43-35/h4-6,8,14-15,21,28,46H,2-3,7,9-13,16-19H2,1H3,(H,43,47)/t21-,28+,35-,36+/m1/s1. The summed E-state index contributed by atoms with van der Waals surface area (Å²) in [5, 5.41) is 14.7. The highest BCUT2D eigenvalue weighted by Gasteiger charge is 2.49. The van der Waals surface area contributed by atoms with Crippen molar-refractivity contribution >= 4 is 33.4 Å². The molecule has 6 bridgehead atoms. The summed E-state index contributed by atoms with van der Waals surface area (Å²) < 4.78 is 68.7. The maximum Gasteiger partial charge on any atom is 0.319 e. The van der Waals surface area contributed by atoms with Crippen LogP contribution in [0.4, 0.5) is 23.4 Å². The average molecular weight is 664 g/mol. The van der Waals surface area contributed by atoms with E-state index in [9.17, 15) is 14.3 Å². The van der Waals surface area contributed by atoms with E-state index in [1.165, 1.54) is 24.3 Å². The van der Waals surface area contributed by atoms with Crippen LogP contribution in [0.5, 0.6) is 11.8 Å². The molecule has 4 atom stereocenters. The highest BCUT2D eigenvalue weighted by atomic mass is 19.1. The Morgan fingerprint density at radius 1 is 1.06 bits per heavy atom. The Labute approximate surface area is 275 Å². The van der Waals surface area contributed by atoms with E-state index in [2.05, 4.69) is 15.2 Å². The molecule has 5 aliphatic heterocycles. The Bertz CT molecular complexity index is 1960. The minimum Gasteiger partial charge on any atom is -0.508 e. The maximum absolute atomic E-state index is 17.0. The number of phenols is 1. The van der Waals surface area contributed by atoms with E-state index in [1.807, 2.05) is 11.8 Å². The second-order valence-electron chi connectivity index (χ2n) is 14.2. The molecule has 3 aromatic carbocycles. The molecule has 9 rings (SSSR count). The number of carbonyl (C=O) groups excluding carboxylic acids is 1. The van der Waals surface area contributed by atoms with E-state index < -0.39 is 41.0 Å². The van der Waals surface area contributed by atoms with Gasteiger partial charge in [-0.3, -0.25) is 9.69 Å². The van der Waals surface area contributed by atoms with Gasteiger partial charge < -0.3 is 20.1 Å². The van der Waals surface area contributed by atoms with Gasteiger partial charge in [-0.05, 0) is 98.2 Å². The molecule has 0 spiro atoms. The van der Waals surface area contributed by atoms with Gasteiger partial charge in [0.2, 0.25) is 0 Å². The third-order valence-corrected chi connectivity index (χ3v) is 10.8. The number of piperidine rings is 1. The molecule has 2 N–H and O–H groups in total. The zero-order valence-electron chi connectivity index (χ0n) is 26.7. The number of halogens is 4. The number of phenolic OH excluding ortho intramolecular Hbond substituents is 1. The summed E-state index contributed by atoms with van der Waals surface area (Å²) in [4.78, 5) is 26.6. The highest BCUT2D eigenvalue weighted by molar-refractivity contribution is 6.03. The van der Waals surface area contributed by atoms with Crippen molar-refractivity contribution in [1.82, 2.24) is 20.2 Å². The molecular weight excluding hydrogens is 626 g/mol. The number of benzene rings is 3. The molecule has 8 nitrogen and oxygen atoms in total. The summed E-state index contributed by atoms with van der Waals surface area (Å²) in [6.45, 7) is 3.93. The van der Waals surface area contributed by atoms with Gasteiger partial charge in [-0.15, -0.1) is 0 Å². The monoisotopic (exact) mass is 663 g/mol. The van der Waals surface area contributed by atoms with Crippen LogP contribution in [0.25, 0.3) is 32.8 Å². The summed E-state index contributed by atoms with van der Waals surface area (Å²) in [5.74, 6) is -1.87. The maximum atomic E-state index is 17.0. The Balaban J connectivity index is 1.33. The first-order chi connectivity index (χ1) is 23.0. The third kappa shape index (κ3) is 5.19. The zero-order chi connectivity index (χ0) is 33.4. The first kappa shape index (κ1) is 31.1. The van der Waals surface area contributed by atoms with E-state index in [1.54, 1.807) is 12.1 Å². The topological polar surface area (TPSA) is 90.8 Å². The molecule has 5 aliphatic rings. The fourth-order valence-electron chi connectivity index (χ4n) is 8.54. The molecule has 252 valence electrons. The SMILES string of the molecule is C[C@@]12CCCN(C1)c1nc(OC[C@@]34CCCN3C[C@H](F)C4)nc3c(F)c(ccc13)-c1cc(O)cc3ccc(F)c(c13)CC[C@H](F)C(=O)N2. The van der Waals surface area contributed by atoms with Crippen LogP contribution in [0.15, 0.2) is 36.4 Å². The predicted molar refractivity (Wildman–Crippen MR) is 174 cm³/mol. The molecule has 1 aromatic heterocycles. The second kappa shape index (κ2) is 11.5. The molecule has 0 aliphatic carbocycles. The van der Waals surface area contributed by atoms with Gasteiger partial charge in [0.15, 0.2) is 12.0 Å². The molecule has 48 heavy (non-hydrogen) atoms. The number of fused-ring (bicyclic) bond motifs is 6. The van der Waals surface area contributed by atoms with Crippen molar-refractivity contribution in [3.05, 3.63) is 53.6 Å². The quantitative estimate of drug-likeness (QED) is 0.254. The Hall–Kier alpha value is -4.19. The summed E-state index contributed by atoms with van der Waals surface area (Å²) in [6.07, 6.45) is -0.00118. The fourth-order valence-corrected chi connectivity index (χ4v) is 8.54. The zero-order valence-corrected chi connectivity index (χ0v) is 26.7. The van der Waals surface area contributed by atoms with Crippen LogP contribution in [0.2, 0.25) is 0 Å². The molecule has 4 aromatic rings. The van der Waals surface area contributed by atoms with E-state index in [4.69, 9.17) is 9.72 Å². The fraction of sp³-hybridized carbons (Fsp3) is 0.472. The second-order valence-corrected chi connectivity index (χ2v) is 14.2. The number of rotatable bonds is 3. The smallest absolute Gasteiger partial charge is 0.319 e. The number of nitrogens with zero attached hydrogens (tertiary/aromatic N) is 4. The van der Waals surface area contributed by atoms with Crippen molar-refractivity contribution < 1.29 is 32.2 Å². The van der Waals surface area contributed by atoms with Gasteiger partial charge in [0.05, 0.1) is 11.1 Å². The number of aromatic hydroxyl groups is 1. The van der Waals surface area contributed by atoms with Gasteiger partial charge in [-0.25, -0.2) is 17.6 Å². The van der Waals surface area contributed by atoms with E-state index in [0.29, 0.717) is 54.3 Å². The molecule has 0 saturated carbocycles. The number of aromatic nitrogens is 2. The Morgan fingerprint density at radius 2 is 1.90 bits per heavy atom. The normalized spacial score (nSPS) is 27.6. The van der Waals surface area contributed by atoms with Gasteiger partial charge in [-0.1, -0.05) is 12.1 Å². The van der Waals surface area contributed by atoms with E-state index in [0.717, 1.165) is 19.4 Å². The Kier molecular flexibility index (Phi) is 7.43. The molecular formula is C36H37F4N5O3. The van der Waals surface area contributed by atoms with Crippen LogP contribution in [0.3, 0.4) is 0 Å². The number of ether oxygens (including phenoxy) is 1. The molecule has 1 amide bonds. The number of hydrogen-bond donors (Lipinski definition) is 2.